The molecule has 0 spiro atoms. The first-order valence-electron chi connectivity index (χ1n) is 8.28. The molecule has 144 valence electrons. The molecule has 3 rings (SSSR count). The van der Waals surface area contributed by atoms with Crippen LogP contribution in [0.15, 0.2) is 46.9 Å². The van der Waals surface area contributed by atoms with Crippen LogP contribution in [0.3, 0.4) is 0 Å². The molecular weight excluding hydrogens is 430 g/mol. The number of nitrogens with zero attached hydrogens (tertiary/aromatic N) is 2. The summed E-state index contributed by atoms with van der Waals surface area (Å²) in [6.07, 6.45) is 0. The smallest absolute Gasteiger partial charge is 0.361 e. The molecule has 1 aromatic heterocycles. The van der Waals surface area contributed by atoms with Crippen molar-refractivity contribution in [3.63, 3.8) is 0 Å². The number of carbonyl (C=O) groups is 2. The van der Waals surface area contributed by atoms with Gasteiger partial charge in [-0.2, -0.15) is 10.3 Å². The SMILES string of the molecule is CCOC(=O)c1n[nH]nc1-c1cc(OC)c(OC(=O)c2ccccc2)cc1Br. The lowest BCUT2D eigenvalue weighted by atomic mass is 10.1. The Kier molecular flexibility index (Phi) is 6.05. The molecule has 0 saturated heterocycles. The minimum Gasteiger partial charge on any atom is -0.493 e. The van der Waals surface area contributed by atoms with E-state index in [1.807, 2.05) is 6.07 Å². The molecule has 3 aromatic rings. The van der Waals surface area contributed by atoms with Gasteiger partial charge in [-0.25, -0.2) is 9.59 Å². The highest BCUT2D eigenvalue weighted by molar-refractivity contribution is 9.10. The summed E-state index contributed by atoms with van der Waals surface area (Å²) < 4.78 is 16.3. The number of nitrogens with one attached hydrogen (secondary N) is 1. The topological polar surface area (TPSA) is 103 Å². The van der Waals surface area contributed by atoms with Crippen molar-refractivity contribution in [2.24, 2.45) is 0 Å². The quantitative estimate of drug-likeness (QED) is 0.456. The fourth-order valence-electron chi connectivity index (χ4n) is 2.45. The summed E-state index contributed by atoms with van der Waals surface area (Å²) >= 11 is 3.42. The zero-order valence-electron chi connectivity index (χ0n) is 15.1. The summed E-state index contributed by atoms with van der Waals surface area (Å²) in [4.78, 5) is 24.4. The molecule has 0 saturated carbocycles. The second-order valence-corrected chi connectivity index (χ2v) is 6.33. The van der Waals surface area contributed by atoms with Crippen LogP contribution in [-0.2, 0) is 4.74 Å². The van der Waals surface area contributed by atoms with Gasteiger partial charge in [0.15, 0.2) is 17.2 Å². The van der Waals surface area contributed by atoms with Crippen LogP contribution in [0.25, 0.3) is 11.3 Å². The molecule has 0 amide bonds. The highest BCUT2D eigenvalue weighted by Crippen LogP contribution is 2.39. The summed E-state index contributed by atoms with van der Waals surface area (Å²) in [5.41, 5.74) is 1.25. The number of hydrogen-bond donors (Lipinski definition) is 1. The third kappa shape index (κ3) is 4.04. The van der Waals surface area contributed by atoms with E-state index in [1.54, 1.807) is 43.3 Å². The van der Waals surface area contributed by atoms with Crippen molar-refractivity contribution in [2.45, 2.75) is 6.92 Å². The average Bonchev–Trinajstić information content (AvgIpc) is 3.18. The maximum Gasteiger partial charge on any atom is 0.361 e. The number of methoxy groups -OCH3 is 1. The standard InChI is InChI=1S/C19H16BrN3O5/c1-3-27-19(25)17-16(21-23-22-17)12-9-14(26-2)15(10-13(12)20)28-18(24)11-7-5-4-6-8-11/h4-10H,3H2,1-2H3,(H,21,22,23). The second-order valence-electron chi connectivity index (χ2n) is 5.48. The van der Waals surface area contributed by atoms with Crippen molar-refractivity contribution in [3.05, 3.63) is 58.2 Å². The molecule has 0 aliphatic heterocycles. The van der Waals surface area contributed by atoms with E-state index in [0.717, 1.165) is 0 Å². The molecule has 1 N–H and O–H groups in total. The Labute approximate surface area is 168 Å². The highest BCUT2D eigenvalue weighted by atomic mass is 79.9. The number of rotatable bonds is 6. The first-order chi connectivity index (χ1) is 13.5. The van der Waals surface area contributed by atoms with E-state index in [4.69, 9.17) is 14.2 Å². The summed E-state index contributed by atoms with van der Waals surface area (Å²) in [7, 11) is 1.45. The monoisotopic (exact) mass is 445 g/mol. The Morgan fingerprint density at radius 1 is 1.07 bits per heavy atom. The zero-order chi connectivity index (χ0) is 20.1. The van der Waals surface area contributed by atoms with Crippen molar-refractivity contribution < 1.29 is 23.8 Å². The fraction of sp³-hybridized carbons (Fsp3) is 0.158. The number of carbonyl (C=O) groups excluding carboxylic acids is 2. The number of halogens is 1. The van der Waals surface area contributed by atoms with E-state index in [2.05, 4.69) is 31.3 Å². The van der Waals surface area contributed by atoms with E-state index >= 15 is 0 Å². The van der Waals surface area contributed by atoms with E-state index in [9.17, 15) is 9.59 Å². The number of aromatic amines is 1. The van der Waals surface area contributed by atoms with Crippen LogP contribution in [0.4, 0.5) is 0 Å². The Hall–Kier alpha value is -3.20. The normalized spacial score (nSPS) is 10.4. The number of esters is 2. The van der Waals surface area contributed by atoms with Gasteiger partial charge in [0.1, 0.15) is 5.69 Å². The molecule has 0 aliphatic rings. The molecule has 0 unspecified atom stereocenters. The van der Waals surface area contributed by atoms with Gasteiger partial charge in [-0.15, -0.1) is 5.10 Å². The van der Waals surface area contributed by atoms with Crippen LogP contribution in [0.5, 0.6) is 11.5 Å². The average molecular weight is 446 g/mol. The van der Waals surface area contributed by atoms with Gasteiger partial charge in [0.05, 0.1) is 19.3 Å². The summed E-state index contributed by atoms with van der Waals surface area (Å²) in [5, 5.41) is 10.3. The van der Waals surface area contributed by atoms with Crippen molar-refractivity contribution >= 4 is 27.9 Å². The Balaban J connectivity index is 1.96. The number of benzene rings is 2. The van der Waals surface area contributed by atoms with E-state index < -0.39 is 11.9 Å². The van der Waals surface area contributed by atoms with Crippen LogP contribution in [0.1, 0.15) is 27.8 Å². The van der Waals surface area contributed by atoms with Crippen molar-refractivity contribution in [1.82, 2.24) is 15.4 Å². The molecule has 0 aliphatic carbocycles. The zero-order valence-corrected chi connectivity index (χ0v) is 16.6. The maximum absolute atomic E-state index is 12.3. The van der Waals surface area contributed by atoms with Crippen molar-refractivity contribution in [2.75, 3.05) is 13.7 Å². The summed E-state index contributed by atoms with van der Waals surface area (Å²) in [6.45, 7) is 1.91. The minimum absolute atomic E-state index is 0.0404. The first kappa shape index (κ1) is 19.6. The minimum atomic E-state index is -0.600. The molecular formula is C19H16BrN3O5. The molecule has 8 nitrogen and oxygen atoms in total. The van der Waals surface area contributed by atoms with E-state index in [0.29, 0.717) is 21.3 Å². The van der Waals surface area contributed by atoms with Crippen LogP contribution in [-0.4, -0.2) is 41.1 Å². The van der Waals surface area contributed by atoms with Crippen LogP contribution >= 0.6 is 15.9 Å². The summed E-state index contributed by atoms with van der Waals surface area (Å²) in [5.74, 6) is -0.614. The molecule has 9 heteroatoms. The van der Waals surface area contributed by atoms with Gasteiger partial charge < -0.3 is 14.2 Å². The molecule has 0 fully saturated rings. The molecule has 1 heterocycles. The fourth-order valence-corrected chi connectivity index (χ4v) is 2.96. The van der Waals surface area contributed by atoms with E-state index in [-0.39, 0.29) is 23.7 Å². The number of hydrogen-bond acceptors (Lipinski definition) is 7. The lowest BCUT2D eigenvalue weighted by Crippen LogP contribution is -2.09. The predicted molar refractivity (Wildman–Crippen MR) is 103 cm³/mol. The maximum atomic E-state index is 12.3. The van der Waals surface area contributed by atoms with Crippen LogP contribution < -0.4 is 9.47 Å². The van der Waals surface area contributed by atoms with Crippen LogP contribution in [0.2, 0.25) is 0 Å². The Morgan fingerprint density at radius 2 is 1.82 bits per heavy atom. The molecule has 0 radical (unpaired) electrons. The summed E-state index contributed by atoms with van der Waals surface area (Å²) in [6, 6.07) is 11.8. The molecule has 28 heavy (non-hydrogen) atoms. The van der Waals surface area contributed by atoms with Crippen molar-refractivity contribution in [3.8, 4) is 22.8 Å². The van der Waals surface area contributed by atoms with Crippen LogP contribution in [0, 0.1) is 0 Å². The molecule has 0 bridgehead atoms. The predicted octanol–water partition coefficient (Wildman–Crippen LogP) is 3.64. The number of aromatic nitrogens is 3. The van der Waals surface area contributed by atoms with Gasteiger partial charge in [-0.05, 0) is 47.1 Å². The lowest BCUT2D eigenvalue weighted by Gasteiger charge is -2.12. The first-order valence-corrected chi connectivity index (χ1v) is 9.07. The van der Waals surface area contributed by atoms with Gasteiger partial charge in [0.2, 0.25) is 0 Å². The molecule has 2 aromatic carbocycles. The van der Waals surface area contributed by atoms with Gasteiger partial charge in [0.25, 0.3) is 0 Å². The largest absolute Gasteiger partial charge is 0.493 e. The van der Waals surface area contributed by atoms with Gasteiger partial charge in [-0.3, -0.25) is 0 Å². The third-order valence-corrected chi connectivity index (χ3v) is 4.39. The Morgan fingerprint density at radius 3 is 2.50 bits per heavy atom. The van der Waals surface area contributed by atoms with Gasteiger partial charge >= 0.3 is 11.9 Å². The molecule has 0 atom stereocenters. The highest BCUT2D eigenvalue weighted by Gasteiger charge is 2.23. The van der Waals surface area contributed by atoms with Gasteiger partial charge in [-0.1, -0.05) is 18.2 Å². The Bertz CT molecular complexity index is 1000. The third-order valence-electron chi connectivity index (χ3n) is 3.74. The van der Waals surface area contributed by atoms with Crippen molar-refractivity contribution in [1.29, 1.82) is 0 Å². The second kappa shape index (κ2) is 8.66. The number of ether oxygens (including phenoxy) is 3. The lowest BCUT2D eigenvalue weighted by molar-refractivity contribution is 0.0520. The number of H-pyrrole nitrogens is 1. The van der Waals surface area contributed by atoms with Gasteiger partial charge in [0, 0.05) is 10.0 Å². The van der Waals surface area contributed by atoms with E-state index in [1.165, 1.54) is 7.11 Å².